The summed E-state index contributed by atoms with van der Waals surface area (Å²) in [5.74, 6) is 1.34. The number of carbonyl (C=O) groups excluding carboxylic acids is 1. The number of fused-ring (bicyclic) bond motifs is 1. The van der Waals surface area contributed by atoms with E-state index in [4.69, 9.17) is 15.2 Å². The molecule has 5 nitrogen and oxygen atoms in total. The number of ether oxygens (including phenoxy) is 2. The second kappa shape index (κ2) is 5.75. The summed E-state index contributed by atoms with van der Waals surface area (Å²) in [5, 5.41) is 2.78. The number of hydrogen-bond donors (Lipinski definition) is 2. The van der Waals surface area contributed by atoms with Gasteiger partial charge in [0.25, 0.3) is 0 Å². The van der Waals surface area contributed by atoms with Gasteiger partial charge < -0.3 is 20.5 Å². The minimum absolute atomic E-state index is 0.0195. The molecule has 1 heterocycles. The van der Waals surface area contributed by atoms with E-state index in [0.717, 1.165) is 17.0 Å². The highest BCUT2D eigenvalue weighted by molar-refractivity contribution is 6.00. The molecule has 1 amide bonds. The minimum Gasteiger partial charge on any atom is -0.490 e. The van der Waals surface area contributed by atoms with E-state index < -0.39 is 0 Å². The number of nitrogens with one attached hydrogen (secondary N) is 1. The van der Waals surface area contributed by atoms with Crippen LogP contribution in [0.4, 0.5) is 11.4 Å². The summed E-state index contributed by atoms with van der Waals surface area (Å²) < 4.78 is 11.2. The van der Waals surface area contributed by atoms with E-state index in [-0.39, 0.29) is 5.91 Å². The van der Waals surface area contributed by atoms with Gasteiger partial charge in [-0.05, 0) is 23.8 Å². The number of carbonyl (C=O) groups is 1. The number of nitrogens with two attached hydrogens (primary N) is 1. The fourth-order valence-corrected chi connectivity index (χ4v) is 2.23. The number of para-hydroxylation sites is 1. The van der Waals surface area contributed by atoms with Crippen molar-refractivity contribution in [2.75, 3.05) is 24.3 Å². The summed E-state index contributed by atoms with van der Waals surface area (Å²) in [6.45, 7) is 0.804. The van der Waals surface area contributed by atoms with Crippen molar-refractivity contribution in [3.63, 3.8) is 0 Å². The Morgan fingerprint density at radius 1 is 1.10 bits per heavy atom. The third kappa shape index (κ3) is 3.08. The third-order valence-electron chi connectivity index (χ3n) is 3.21. The second-order valence-corrected chi connectivity index (χ2v) is 4.78. The highest BCUT2D eigenvalue weighted by atomic mass is 16.5. The van der Waals surface area contributed by atoms with Crippen LogP contribution in [0.15, 0.2) is 42.5 Å². The van der Waals surface area contributed by atoms with E-state index in [1.807, 2.05) is 30.3 Å². The third-order valence-corrected chi connectivity index (χ3v) is 3.21. The molecule has 2 aromatic rings. The monoisotopic (exact) mass is 284 g/mol. The molecule has 1 aliphatic rings. The molecule has 0 saturated carbocycles. The van der Waals surface area contributed by atoms with Crippen LogP contribution < -0.4 is 20.5 Å². The first-order valence-corrected chi connectivity index (χ1v) is 6.75. The number of hydrogen-bond acceptors (Lipinski definition) is 4. The molecule has 0 radical (unpaired) electrons. The van der Waals surface area contributed by atoms with Crippen molar-refractivity contribution in [1.82, 2.24) is 0 Å². The Morgan fingerprint density at radius 2 is 1.86 bits per heavy atom. The van der Waals surface area contributed by atoms with E-state index >= 15 is 0 Å². The molecule has 5 heteroatoms. The summed E-state index contributed by atoms with van der Waals surface area (Å²) in [5.41, 5.74) is 8.14. The number of rotatable bonds is 5. The number of anilines is 2. The van der Waals surface area contributed by atoms with Crippen LogP contribution in [-0.2, 0) is 11.2 Å². The molecule has 21 heavy (non-hydrogen) atoms. The van der Waals surface area contributed by atoms with Gasteiger partial charge in [0.05, 0.1) is 12.1 Å². The largest absolute Gasteiger partial charge is 0.490 e. The van der Waals surface area contributed by atoms with Crippen LogP contribution in [0.5, 0.6) is 11.5 Å². The van der Waals surface area contributed by atoms with Crippen LogP contribution in [0, 0.1) is 0 Å². The first-order chi connectivity index (χ1) is 10.2. The van der Waals surface area contributed by atoms with Gasteiger partial charge in [-0.25, -0.2) is 0 Å². The summed E-state index contributed by atoms with van der Waals surface area (Å²) in [6, 6.07) is 13.1. The lowest BCUT2D eigenvalue weighted by Crippen LogP contribution is -2.10. The van der Waals surface area contributed by atoms with Crippen molar-refractivity contribution in [2.45, 2.75) is 6.42 Å². The Labute approximate surface area is 122 Å². The molecule has 0 spiro atoms. The zero-order valence-electron chi connectivity index (χ0n) is 11.5. The van der Waals surface area contributed by atoms with Crippen LogP contribution in [0.2, 0.25) is 0 Å². The van der Waals surface area contributed by atoms with Gasteiger partial charge in [0, 0.05) is 11.8 Å². The Morgan fingerprint density at radius 3 is 2.67 bits per heavy atom. The van der Waals surface area contributed by atoms with Crippen molar-refractivity contribution in [2.24, 2.45) is 0 Å². The molecule has 1 aliphatic heterocycles. The van der Waals surface area contributed by atoms with Crippen molar-refractivity contribution < 1.29 is 14.3 Å². The fourth-order valence-electron chi connectivity index (χ4n) is 2.23. The molecule has 3 N–H and O–H groups in total. The average molecular weight is 284 g/mol. The van der Waals surface area contributed by atoms with E-state index in [2.05, 4.69) is 5.32 Å². The van der Waals surface area contributed by atoms with Crippen LogP contribution in [0.1, 0.15) is 5.56 Å². The van der Waals surface area contributed by atoms with Crippen LogP contribution in [-0.4, -0.2) is 19.1 Å². The average Bonchev–Trinajstić information content (AvgIpc) is 2.83. The Balaban J connectivity index is 1.56. The first-order valence-electron chi connectivity index (χ1n) is 6.75. The quantitative estimate of drug-likeness (QED) is 0.652. The summed E-state index contributed by atoms with van der Waals surface area (Å²) in [6.07, 6.45) is 0.372. The zero-order chi connectivity index (χ0) is 14.7. The van der Waals surface area contributed by atoms with Gasteiger partial charge in [0.15, 0.2) is 0 Å². The second-order valence-electron chi connectivity index (χ2n) is 4.78. The molecule has 0 bridgehead atoms. The maximum Gasteiger partial charge on any atom is 0.228 e. The zero-order valence-corrected chi connectivity index (χ0v) is 11.5. The maximum atomic E-state index is 11.3. The minimum atomic E-state index is -0.0195. The summed E-state index contributed by atoms with van der Waals surface area (Å²) in [4.78, 5) is 11.3. The van der Waals surface area contributed by atoms with Gasteiger partial charge in [0.1, 0.15) is 24.7 Å². The Bertz CT molecular complexity index is 656. The fraction of sp³-hybridized carbons (Fsp3) is 0.188. The maximum absolute atomic E-state index is 11.3. The highest BCUT2D eigenvalue weighted by Crippen LogP contribution is 2.32. The van der Waals surface area contributed by atoms with Crippen molar-refractivity contribution in [3.05, 3.63) is 48.0 Å². The number of nitrogen functional groups attached to an aromatic ring is 1. The van der Waals surface area contributed by atoms with Crippen LogP contribution in [0.3, 0.4) is 0 Å². The van der Waals surface area contributed by atoms with Gasteiger partial charge in [-0.2, -0.15) is 0 Å². The van der Waals surface area contributed by atoms with Gasteiger partial charge in [-0.1, -0.05) is 18.2 Å². The van der Waals surface area contributed by atoms with E-state index in [9.17, 15) is 4.79 Å². The molecule has 0 saturated heterocycles. The van der Waals surface area contributed by atoms with E-state index in [1.165, 1.54) is 0 Å². The molecule has 0 fully saturated rings. The Hall–Kier alpha value is -2.69. The van der Waals surface area contributed by atoms with Crippen LogP contribution >= 0.6 is 0 Å². The Kier molecular flexibility index (Phi) is 3.64. The summed E-state index contributed by atoms with van der Waals surface area (Å²) >= 11 is 0. The molecular formula is C16H16N2O3. The molecule has 2 aromatic carbocycles. The lowest BCUT2D eigenvalue weighted by molar-refractivity contribution is -0.115. The first kappa shape index (κ1) is 13.3. The van der Waals surface area contributed by atoms with E-state index in [0.29, 0.717) is 31.1 Å². The summed E-state index contributed by atoms with van der Waals surface area (Å²) in [7, 11) is 0. The molecule has 0 aromatic heterocycles. The smallest absolute Gasteiger partial charge is 0.228 e. The normalized spacial score (nSPS) is 12.7. The molecule has 0 aliphatic carbocycles. The van der Waals surface area contributed by atoms with Crippen molar-refractivity contribution in [1.29, 1.82) is 0 Å². The lowest BCUT2D eigenvalue weighted by atomic mass is 10.1. The van der Waals surface area contributed by atoms with Gasteiger partial charge in [0.2, 0.25) is 5.91 Å². The highest BCUT2D eigenvalue weighted by Gasteiger charge is 2.19. The predicted octanol–water partition coefficient (Wildman–Crippen LogP) is 2.22. The van der Waals surface area contributed by atoms with Gasteiger partial charge in [-0.15, -0.1) is 0 Å². The molecule has 0 atom stereocenters. The lowest BCUT2D eigenvalue weighted by Gasteiger charge is -2.11. The van der Waals surface area contributed by atoms with E-state index in [1.54, 1.807) is 12.1 Å². The SMILES string of the molecule is Nc1cc2c(cc1OCCOc1ccccc1)NC(=O)C2. The van der Waals surface area contributed by atoms with Crippen molar-refractivity contribution in [3.8, 4) is 11.5 Å². The topological polar surface area (TPSA) is 73.6 Å². The van der Waals surface area contributed by atoms with Crippen LogP contribution in [0.25, 0.3) is 0 Å². The molecule has 108 valence electrons. The number of amides is 1. The standard InChI is InChI=1S/C16H16N2O3/c17-13-8-11-9-16(19)18-14(11)10-15(13)21-7-6-20-12-4-2-1-3-5-12/h1-5,8,10H,6-7,9,17H2,(H,18,19). The van der Waals surface area contributed by atoms with Gasteiger partial charge in [-0.3, -0.25) is 4.79 Å². The molecule has 3 rings (SSSR count). The molecular weight excluding hydrogens is 268 g/mol. The van der Waals surface area contributed by atoms with Crippen molar-refractivity contribution >= 4 is 17.3 Å². The molecule has 0 unspecified atom stereocenters. The number of benzene rings is 2. The predicted molar refractivity (Wildman–Crippen MR) is 80.6 cm³/mol. The van der Waals surface area contributed by atoms with Gasteiger partial charge >= 0.3 is 0 Å².